The van der Waals surface area contributed by atoms with Crippen molar-refractivity contribution in [2.24, 2.45) is 5.92 Å². The molecule has 1 aliphatic heterocycles. The van der Waals surface area contributed by atoms with E-state index in [1.165, 1.54) is 12.8 Å². The topological polar surface area (TPSA) is 49.8 Å². The van der Waals surface area contributed by atoms with E-state index < -0.39 is 6.10 Å². The average molecular weight is 488 g/mol. The molecular weight excluding hydrogens is 454 g/mol. The Morgan fingerprint density at radius 1 is 1.12 bits per heavy atom. The molecule has 1 aliphatic carbocycles. The summed E-state index contributed by atoms with van der Waals surface area (Å²) in [6.45, 7) is 3.41. The molecule has 0 radical (unpaired) electrons. The van der Waals surface area contributed by atoms with Gasteiger partial charge in [0, 0.05) is 30.4 Å². The molecule has 1 amide bonds. The van der Waals surface area contributed by atoms with Crippen molar-refractivity contribution in [2.75, 3.05) is 20.3 Å². The van der Waals surface area contributed by atoms with Crippen LogP contribution >= 0.6 is 23.4 Å². The Hall–Kier alpha value is -1.53. The smallest absolute Gasteiger partial charge is 0.230 e. The minimum Gasteiger partial charge on any atom is -0.386 e. The highest BCUT2D eigenvalue weighted by Gasteiger charge is 2.33. The highest BCUT2D eigenvalue weighted by atomic mass is 35.5. The highest BCUT2D eigenvalue weighted by molar-refractivity contribution is 8.00. The number of hydrogen-bond acceptors (Lipinski definition) is 4. The second-order valence-electron chi connectivity index (χ2n) is 9.40. The molecule has 4 rings (SSSR count). The quantitative estimate of drug-likeness (QED) is 0.466. The lowest BCUT2D eigenvalue weighted by molar-refractivity contribution is -0.136. The van der Waals surface area contributed by atoms with Crippen molar-refractivity contribution in [3.63, 3.8) is 0 Å². The van der Waals surface area contributed by atoms with E-state index in [9.17, 15) is 9.90 Å². The van der Waals surface area contributed by atoms with Crippen molar-refractivity contribution in [3.05, 3.63) is 64.7 Å². The number of nitrogens with zero attached hydrogens (tertiary/aromatic N) is 1. The lowest BCUT2D eigenvalue weighted by Gasteiger charge is -2.34. The van der Waals surface area contributed by atoms with Gasteiger partial charge in [0.05, 0.1) is 23.1 Å². The lowest BCUT2D eigenvalue weighted by atomic mass is 9.84. The molecule has 1 saturated heterocycles. The van der Waals surface area contributed by atoms with Crippen LogP contribution in [0.4, 0.5) is 0 Å². The first-order chi connectivity index (χ1) is 15.9. The summed E-state index contributed by atoms with van der Waals surface area (Å²) in [4.78, 5) is 16.6. The van der Waals surface area contributed by atoms with Gasteiger partial charge in [-0.05, 0) is 68.2 Å². The highest BCUT2D eigenvalue weighted by Crippen LogP contribution is 2.43. The Kier molecular flexibility index (Phi) is 8.39. The zero-order valence-electron chi connectivity index (χ0n) is 19.5. The zero-order chi connectivity index (χ0) is 23.4. The fourth-order valence-corrected chi connectivity index (χ4v) is 5.85. The molecule has 6 heteroatoms. The second kappa shape index (κ2) is 11.3. The fourth-order valence-electron chi connectivity index (χ4n) is 4.48. The normalized spacial score (nSPS) is 19.6. The van der Waals surface area contributed by atoms with E-state index in [0.717, 1.165) is 53.5 Å². The predicted molar refractivity (Wildman–Crippen MR) is 135 cm³/mol. The van der Waals surface area contributed by atoms with Gasteiger partial charge in [0.1, 0.15) is 0 Å². The molecule has 2 aromatic rings. The minimum atomic E-state index is -0.746. The molecule has 178 valence electrons. The first-order valence-electron chi connectivity index (χ1n) is 12.0. The first-order valence-corrected chi connectivity index (χ1v) is 13.2. The van der Waals surface area contributed by atoms with Crippen molar-refractivity contribution < 1.29 is 14.6 Å². The van der Waals surface area contributed by atoms with Crippen molar-refractivity contribution in [1.82, 2.24) is 4.90 Å². The van der Waals surface area contributed by atoms with Crippen LogP contribution in [0.1, 0.15) is 62.2 Å². The molecule has 2 aromatic carbocycles. The van der Waals surface area contributed by atoms with Gasteiger partial charge >= 0.3 is 0 Å². The van der Waals surface area contributed by atoms with Gasteiger partial charge in [-0.2, -0.15) is 0 Å². The van der Waals surface area contributed by atoms with Crippen molar-refractivity contribution in [2.45, 2.75) is 67.2 Å². The average Bonchev–Trinajstić information content (AvgIpc) is 3.67. The molecule has 4 nitrogen and oxygen atoms in total. The monoisotopic (exact) mass is 487 g/mol. The van der Waals surface area contributed by atoms with Crippen LogP contribution in [0.5, 0.6) is 0 Å². The van der Waals surface area contributed by atoms with E-state index in [4.69, 9.17) is 16.3 Å². The van der Waals surface area contributed by atoms with Gasteiger partial charge in [-0.25, -0.2) is 0 Å². The molecule has 3 atom stereocenters. The van der Waals surface area contributed by atoms with E-state index in [-0.39, 0.29) is 17.9 Å². The van der Waals surface area contributed by atoms with E-state index in [2.05, 4.69) is 12.1 Å². The number of carbonyl (C=O) groups is 1. The second-order valence-corrected chi connectivity index (χ2v) is 11.1. The molecule has 2 fully saturated rings. The number of aliphatic hydroxyl groups excluding tert-OH is 1. The summed E-state index contributed by atoms with van der Waals surface area (Å²) in [6.07, 6.45) is 4.47. The van der Waals surface area contributed by atoms with Crippen molar-refractivity contribution in [3.8, 4) is 0 Å². The predicted octanol–water partition coefficient (Wildman–Crippen LogP) is 6.08. The molecule has 1 heterocycles. The van der Waals surface area contributed by atoms with Crippen LogP contribution < -0.4 is 0 Å². The van der Waals surface area contributed by atoms with Gasteiger partial charge in [0.25, 0.3) is 0 Å². The summed E-state index contributed by atoms with van der Waals surface area (Å²) in [6, 6.07) is 15.3. The van der Waals surface area contributed by atoms with Crippen LogP contribution in [-0.4, -0.2) is 47.5 Å². The number of likely N-dealkylation sites (N-methyl/N-ethyl adjacent to an activating group) is 1. The Bertz CT molecular complexity index is 930. The number of hydrogen-bond donors (Lipinski definition) is 1. The number of amides is 1. The zero-order valence-corrected chi connectivity index (χ0v) is 21.0. The molecule has 0 unspecified atom stereocenters. The molecule has 1 saturated carbocycles. The number of halogens is 1. The maximum atomic E-state index is 13.8. The Balaban J connectivity index is 1.55. The number of thioether (sulfide) groups is 1. The van der Waals surface area contributed by atoms with Gasteiger partial charge < -0.3 is 14.7 Å². The molecular formula is C27H34ClNO3S. The SMILES string of the molecule is C[C@H]([C@H](O)c1ccccc1)N(C)C(=O)[C@H](CC1CCOCC1)c1ccc(SC2CC2)c(Cl)c1. The van der Waals surface area contributed by atoms with Gasteiger partial charge in [-0.15, -0.1) is 11.8 Å². The number of ether oxygens (including phenoxy) is 1. The summed E-state index contributed by atoms with van der Waals surface area (Å²) in [5.41, 5.74) is 1.78. The van der Waals surface area contributed by atoms with Gasteiger partial charge in [0.15, 0.2) is 0 Å². The number of carbonyl (C=O) groups excluding carboxylic acids is 1. The van der Waals surface area contributed by atoms with Gasteiger partial charge in [-0.1, -0.05) is 48.0 Å². The maximum Gasteiger partial charge on any atom is 0.230 e. The van der Waals surface area contributed by atoms with E-state index >= 15 is 0 Å². The van der Waals surface area contributed by atoms with Crippen LogP contribution in [0.2, 0.25) is 5.02 Å². The molecule has 2 aliphatic rings. The van der Waals surface area contributed by atoms with Crippen LogP contribution in [-0.2, 0) is 9.53 Å². The number of benzene rings is 2. The van der Waals surface area contributed by atoms with Crippen LogP contribution in [0.25, 0.3) is 0 Å². The molecule has 1 N–H and O–H groups in total. The summed E-state index contributed by atoms with van der Waals surface area (Å²) in [7, 11) is 1.80. The van der Waals surface area contributed by atoms with Crippen molar-refractivity contribution in [1.29, 1.82) is 0 Å². The maximum absolute atomic E-state index is 13.8. The summed E-state index contributed by atoms with van der Waals surface area (Å²) in [5, 5.41) is 12.3. The van der Waals surface area contributed by atoms with Crippen LogP contribution in [0, 0.1) is 5.92 Å². The number of aliphatic hydroxyl groups is 1. The lowest BCUT2D eigenvalue weighted by Crippen LogP contribution is -2.42. The van der Waals surface area contributed by atoms with Crippen LogP contribution in [0.15, 0.2) is 53.4 Å². The molecule has 33 heavy (non-hydrogen) atoms. The van der Waals surface area contributed by atoms with Gasteiger partial charge in [0.2, 0.25) is 5.91 Å². The third-order valence-corrected chi connectivity index (χ3v) is 8.78. The third kappa shape index (κ3) is 6.33. The summed E-state index contributed by atoms with van der Waals surface area (Å²) >= 11 is 8.50. The number of rotatable bonds is 9. The molecule has 0 spiro atoms. The first kappa shape index (κ1) is 24.6. The van der Waals surface area contributed by atoms with Crippen molar-refractivity contribution >= 4 is 29.3 Å². The molecule has 0 aromatic heterocycles. The Morgan fingerprint density at radius 2 is 1.82 bits per heavy atom. The summed E-state index contributed by atoms with van der Waals surface area (Å²) in [5.74, 6) is 0.179. The largest absolute Gasteiger partial charge is 0.386 e. The van der Waals surface area contributed by atoms with Gasteiger partial charge in [-0.3, -0.25) is 4.79 Å². The minimum absolute atomic E-state index is 0.0302. The standard InChI is InChI=1S/C27H34ClNO3S/c1-18(26(30)20-6-4-3-5-7-20)29(2)27(31)23(16-19-12-14-32-15-13-19)21-8-11-25(24(28)17-21)33-22-9-10-22/h3-8,11,17-19,22-23,26,30H,9-10,12-16H2,1-2H3/t18-,23-,26+/m1/s1. The van der Waals surface area contributed by atoms with E-state index in [1.807, 2.05) is 55.1 Å². The van der Waals surface area contributed by atoms with E-state index in [0.29, 0.717) is 11.2 Å². The Morgan fingerprint density at radius 3 is 2.45 bits per heavy atom. The molecule has 0 bridgehead atoms. The van der Waals surface area contributed by atoms with E-state index in [1.54, 1.807) is 11.9 Å². The fraction of sp³-hybridized carbons (Fsp3) is 0.519. The Labute approximate surface area is 206 Å². The third-order valence-electron chi connectivity index (χ3n) is 6.94. The van der Waals surface area contributed by atoms with Crippen LogP contribution in [0.3, 0.4) is 0 Å². The summed E-state index contributed by atoms with van der Waals surface area (Å²) < 4.78 is 5.54.